The second-order valence-corrected chi connectivity index (χ2v) is 8.28. The Balaban J connectivity index is 1.54. The molecule has 6 nitrogen and oxygen atoms in total. The molecule has 6 heteroatoms. The summed E-state index contributed by atoms with van der Waals surface area (Å²) >= 11 is 0. The van der Waals surface area contributed by atoms with Gasteiger partial charge in [-0.15, -0.1) is 0 Å². The summed E-state index contributed by atoms with van der Waals surface area (Å²) in [5, 5.41) is 6.66. The average molecular weight is 390 g/mol. The van der Waals surface area contributed by atoms with Crippen LogP contribution in [0, 0.1) is 12.8 Å². The molecule has 5 rings (SSSR count). The molecule has 3 aromatic rings. The van der Waals surface area contributed by atoms with Crippen LogP contribution in [0.2, 0.25) is 0 Å². The molecule has 0 radical (unpaired) electrons. The lowest BCUT2D eigenvalue weighted by atomic mass is 9.93. The lowest BCUT2D eigenvalue weighted by Gasteiger charge is -2.30. The molecule has 150 valence electrons. The summed E-state index contributed by atoms with van der Waals surface area (Å²) in [6, 6.07) is 9.89. The number of nitrogens with one attached hydrogen (secondary N) is 2. The van der Waals surface area contributed by atoms with Crippen LogP contribution in [-0.2, 0) is 12.1 Å². The fraction of sp³-hybridized carbons (Fsp3) is 0.391. The van der Waals surface area contributed by atoms with Gasteiger partial charge >= 0.3 is 0 Å². The first kappa shape index (κ1) is 18.2. The van der Waals surface area contributed by atoms with Gasteiger partial charge in [-0.3, -0.25) is 4.79 Å². The Kier molecular flexibility index (Phi) is 4.32. The molecule has 1 saturated carbocycles. The summed E-state index contributed by atoms with van der Waals surface area (Å²) in [6.45, 7) is 6.22. The van der Waals surface area contributed by atoms with E-state index in [1.165, 1.54) is 5.56 Å². The molecule has 1 unspecified atom stereocenters. The van der Waals surface area contributed by atoms with E-state index in [0.29, 0.717) is 30.4 Å². The molecule has 0 spiro atoms. The topological polar surface area (TPSA) is 67.7 Å². The first-order valence-electron chi connectivity index (χ1n) is 10.3. The van der Waals surface area contributed by atoms with E-state index in [2.05, 4.69) is 34.9 Å². The van der Waals surface area contributed by atoms with Gasteiger partial charge in [-0.05, 0) is 50.3 Å². The van der Waals surface area contributed by atoms with Crippen molar-refractivity contribution in [2.24, 2.45) is 5.92 Å². The second kappa shape index (κ2) is 6.88. The highest BCUT2D eigenvalue weighted by Gasteiger charge is 2.47. The quantitative estimate of drug-likeness (QED) is 0.718. The van der Waals surface area contributed by atoms with Crippen molar-refractivity contribution in [2.75, 3.05) is 13.2 Å². The number of nitrogens with zero attached hydrogens (tertiary/aromatic N) is 2. The summed E-state index contributed by atoms with van der Waals surface area (Å²) in [5.74, 6) is 1.85. The maximum absolute atomic E-state index is 13.4. The number of carbonyl (C=O) groups is 1. The number of aryl methyl sites for hydroxylation is 1. The van der Waals surface area contributed by atoms with Crippen LogP contribution in [0.1, 0.15) is 47.1 Å². The van der Waals surface area contributed by atoms with E-state index in [-0.39, 0.29) is 5.91 Å². The van der Waals surface area contributed by atoms with E-state index in [9.17, 15) is 4.79 Å². The maximum atomic E-state index is 13.4. The monoisotopic (exact) mass is 390 g/mol. The van der Waals surface area contributed by atoms with E-state index in [1.807, 2.05) is 36.7 Å². The number of aromatic nitrogens is 2. The second-order valence-electron chi connectivity index (χ2n) is 8.28. The minimum atomic E-state index is -0.539. The van der Waals surface area contributed by atoms with E-state index < -0.39 is 5.54 Å². The fourth-order valence-corrected chi connectivity index (χ4v) is 4.37. The summed E-state index contributed by atoms with van der Waals surface area (Å²) in [4.78, 5) is 18.2. The fourth-order valence-electron chi connectivity index (χ4n) is 4.37. The number of hydrogen-bond acceptors (Lipinski definition) is 4. The van der Waals surface area contributed by atoms with Gasteiger partial charge in [-0.2, -0.15) is 0 Å². The van der Waals surface area contributed by atoms with Crippen molar-refractivity contribution in [1.82, 2.24) is 20.0 Å². The molecule has 0 bridgehead atoms. The molecule has 1 aliphatic carbocycles. The Morgan fingerprint density at radius 1 is 1.31 bits per heavy atom. The van der Waals surface area contributed by atoms with Crippen molar-refractivity contribution in [1.29, 1.82) is 0 Å². The number of rotatable bonds is 4. The summed E-state index contributed by atoms with van der Waals surface area (Å²) in [6.07, 6.45) is 6.11. The Hall–Kier alpha value is -2.86. The Bertz CT molecular complexity index is 1090. The van der Waals surface area contributed by atoms with Crippen LogP contribution in [0.3, 0.4) is 0 Å². The number of para-hydroxylation sites is 1. The number of fused-ring (bicyclic) bond motifs is 2. The summed E-state index contributed by atoms with van der Waals surface area (Å²) in [5.41, 5.74) is 3.32. The highest BCUT2D eigenvalue weighted by Crippen LogP contribution is 2.45. The van der Waals surface area contributed by atoms with E-state index >= 15 is 0 Å². The third kappa shape index (κ3) is 3.08. The highest BCUT2D eigenvalue weighted by atomic mass is 16.5. The Morgan fingerprint density at radius 2 is 2.17 bits per heavy atom. The Morgan fingerprint density at radius 3 is 3.00 bits per heavy atom. The predicted molar refractivity (Wildman–Crippen MR) is 111 cm³/mol. The smallest absolute Gasteiger partial charge is 0.255 e. The lowest BCUT2D eigenvalue weighted by Crippen LogP contribution is -2.46. The van der Waals surface area contributed by atoms with Crippen molar-refractivity contribution < 1.29 is 9.53 Å². The van der Waals surface area contributed by atoms with Crippen molar-refractivity contribution in [3.8, 4) is 5.75 Å². The summed E-state index contributed by atoms with van der Waals surface area (Å²) < 4.78 is 8.03. The van der Waals surface area contributed by atoms with Crippen molar-refractivity contribution in [2.45, 2.75) is 38.8 Å². The van der Waals surface area contributed by atoms with Crippen molar-refractivity contribution in [3.05, 3.63) is 65.2 Å². The molecule has 1 fully saturated rings. The predicted octanol–water partition coefficient (Wildman–Crippen LogP) is 3.18. The van der Waals surface area contributed by atoms with E-state index in [1.54, 1.807) is 0 Å². The number of hydrogen-bond donors (Lipinski definition) is 2. The first-order chi connectivity index (χ1) is 14.1. The van der Waals surface area contributed by atoms with Gasteiger partial charge < -0.3 is 19.8 Å². The van der Waals surface area contributed by atoms with Gasteiger partial charge in [-0.25, -0.2) is 4.98 Å². The number of benzene rings is 1. The normalized spacial score (nSPS) is 18.4. The molecule has 1 aliphatic heterocycles. The molecule has 3 heterocycles. The van der Waals surface area contributed by atoms with Gasteiger partial charge in [0.05, 0.1) is 22.8 Å². The number of ether oxygens (including phenoxy) is 1. The number of carbonyl (C=O) groups excluding carboxylic acids is 1. The highest BCUT2D eigenvalue weighted by molar-refractivity contribution is 5.98. The van der Waals surface area contributed by atoms with Crippen molar-refractivity contribution in [3.63, 3.8) is 0 Å². The van der Waals surface area contributed by atoms with Crippen LogP contribution in [-0.4, -0.2) is 28.4 Å². The van der Waals surface area contributed by atoms with Gasteiger partial charge in [0.2, 0.25) is 0 Å². The molecule has 2 aromatic heterocycles. The van der Waals surface area contributed by atoms with Crippen LogP contribution in [0.5, 0.6) is 5.75 Å². The zero-order valence-electron chi connectivity index (χ0n) is 16.9. The largest absolute Gasteiger partial charge is 0.491 e. The lowest BCUT2D eigenvalue weighted by molar-refractivity contribution is 0.0882. The Labute approximate surface area is 170 Å². The molecule has 1 aromatic carbocycles. The van der Waals surface area contributed by atoms with Gasteiger partial charge in [0.25, 0.3) is 5.91 Å². The van der Waals surface area contributed by atoms with Crippen molar-refractivity contribution >= 4 is 11.4 Å². The van der Waals surface area contributed by atoms with Gasteiger partial charge in [-0.1, -0.05) is 18.2 Å². The zero-order valence-corrected chi connectivity index (χ0v) is 16.9. The number of imidazole rings is 1. The number of pyridine rings is 1. The third-order valence-corrected chi connectivity index (χ3v) is 6.20. The van der Waals surface area contributed by atoms with Crippen LogP contribution < -0.4 is 15.4 Å². The molecule has 0 saturated heterocycles. The van der Waals surface area contributed by atoms with Crippen LogP contribution >= 0.6 is 0 Å². The maximum Gasteiger partial charge on any atom is 0.255 e. The SMILES string of the molecule is Cc1cccn2c(C(C)(NC(=O)c3cccc4c3OCCNC4)C3CC3)ncc12. The van der Waals surface area contributed by atoms with Crippen LogP contribution in [0.4, 0.5) is 0 Å². The average Bonchev–Trinajstić information content (AvgIpc) is 3.51. The first-order valence-corrected chi connectivity index (χ1v) is 10.3. The van der Waals surface area contributed by atoms with Crippen LogP contribution in [0.25, 0.3) is 5.52 Å². The van der Waals surface area contributed by atoms with E-state index in [4.69, 9.17) is 9.72 Å². The van der Waals surface area contributed by atoms with Gasteiger partial charge in [0.15, 0.2) is 0 Å². The molecule has 1 amide bonds. The molecule has 1 atom stereocenters. The van der Waals surface area contributed by atoms with E-state index in [0.717, 1.165) is 36.3 Å². The van der Waals surface area contributed by atoms with Crippen LogP contribution in [0.15, 0.2) is 42.7 Å². The third-order valence-electron chi connectivity index (χ3n) is 6.20. The molecule has 2 aliphatic rings. The standard InChI is InChI=1S/C23H26N4O2/c1-15-5-4-11-27-19(15)14-25-22(27)23(2,17-8-9-17)26-21(28)18-7-3-6-16-13-24-10-12-29-20(16)18/h3-7,11,14,17,24H,8-10,12-13H2,1-2H3,(H,26,28). The molecular weight excluding hydrogens is 364 g/mol. The van der Waals surface area contributed by atoms with Gasteiger partial charge in [0.1, 0.15) is 18.2 Å². The minimum Gasteiger partial charge on any atom is -0.491 e. The minimum absolute atomic E-state index is 0.109. The van der Waals surface area contributed by atoms with Gasteiger partial charge in [0, 0.05) is 24.8 Å². The molecular formula is C23H26N4O2. The summed E-state index contributed by atoms with van der Waals surface area (Å²) in [7, 11) is 0. The zero-order chi connectivity index (χ0) is 20.0. The number of amides is 1. The molecule has 2 N–H and O–H groups in total. The molecule has 29 heavy (non-hydrogen) atoms.